The maximum Gasteiger partial charge on any atom is 0.127 e. The fourth-order valence-electron chi connectivity index (χ4n) is 2.99. The predicted molar refractivity (Wildman–Crippen MR) is 77.4 cm³/mol. The van der Waals surface area contributed by atoms with E-state index in [1.165, 1.54) is 22.3 Å². The molecule has 0 aliphatic heterocycles. The average Bonchev–Trinajstić information content (AvgIpc) is 2.47. The first-order valence-electron chi connectivity index (χ1n) is 6.98. The van der Waals surface area contributed by atoms with E-state index in [-0.39, 0.29) is 5.92 Å². The van der Waals surface area contributed by atoms with E-state index >= 15 is 0 Å². The standard InChI is InChI=1S/C18H18O/c19-13-17-8-4-7-16-12-15(9-10-18(16)17)11-14-5-2-1-3-6-14/h1-3,5-6,9-10,12-13,17H,4,7-8,11H2. The molecule has 0 saturated carbocycles. The van der Waals surface area contributed by atoms with Gasteiger partial charge in [-0.25, -0.2) is 0 Å². The number of benzene rings is 2. The normalized spacial score (nSPS) is 17.8. The molecule has 1 atom stereocenters. The van der Waals surface area contributed by atoms with E-state index < -0.39 is 0 Å². The largest absolute Gasteiger partial charge is 0.303 e. The third kappa shape index (κ3) is 2.60. The van der Waals surface area contributed by atoms with Crippen molar-refractivity contribution in [2.24, 2.45) is 0 Å². The van der Waals surface area contributed by atoms with E-state index in [1.807, 2.05) is 6.07 Å². The lowest BCUT2D eigenvalue weighted by Crippen LogP contribution is -2.11. The minimum absolute atomic E-state index is 0.120. The number of hydrogen-bond acceptors (Lipinski definition) is 1. The Kier molecular flexibility index (Phi) is 3.45. The molecule has 0 amide bonds. The molecule has 1 aliphatic carbocycles. The zero-order valence-corrected chi connectivity index (χ0v) is 11.0. The van der Waals surface area contributed by atoms with Crippen molar-refractivity contribution < 1.29 is 4.79 Å². The van der Waals surface area contributed by atoms with Crippen LogP contribution in [0.4, 0.5) is 0 Å². The van der Waals surface area contributed by atoms with Crippen molar-refractivity contribution in [3.8, 4) is 0 Å². The molecule has 0 fully saturated rings. The Balaban J connectivity index is 1.87. The first-order chi connectivity index (χ1) is 9.36. The highest BCUT2D eigenvalue weighted by molar-refractivity contribution is 5.64. The topological polar surface area (TPSA) is 17.1 Å². The van der Waals surface area contributed by atoms with Crippen molar-refractivity contribution in [1.29, 1.82) is 0 Å². The second-order valence-electron chi connectivity index (χ2n) is 5.33. The number of fused-ring (bicyclic) bond motifs is 1. The van der Waals surface area contributed by atoms with Crippen LogP contribution in [-0.2, 0) is 17.6 Å². The minimum atomic E-state index is 0.120. The summed E-state index contributed by atoms with van der Waals surface area (Å²) in [4.78, 5) is 11.1. The van der Waals surface area contributed by atoms with Gasteiger partial charge in [-0.1, -0.05) is 48.5 Å². The Morgan fingerprint density at radius 1 is 1.05 bits per heavy atom. The predicted octanol–water partition coefficient (Wildman–Crippen LogP) is 3.90. The lowest BCUT2D eigenvalue weighted by Gasteiger charge is -2.22. The van der Waals surface area contributed by atoms with Crippen molar-refractivity contribution in [2.45, 2.75) is 31.6 Å². The Morgan fingerprint density at radius 2 is 1.89 bits per heavy atom. The van der Waals surface area contributed by atoms with Crippen LogP contribution >= 0.6 is 0 Å². The summed E-state index contributed by atoms with van der Waals surface area (Å²) in [5.74, 6) is 0.120. The summed E-state index contributed by atoms with van der Waals surface area (Å²) in [5, 5.41) is 0. The molecular formula is C18H18O. The van der Waals surface area contributed by atoms with Crippen LogP contribution in [0, 0.1) is 0 Å². The number of carbonyl (C=O) groups is 1. The van der Waals surface area contributed by atoms with Crippen LogP contribution in [0.5, 0.6) is 0 Å². The molecule has 0 aromatic heterocycles. The van der Waals surface area contributed by atoms with Gasteiger partial charge in [-0.2, -0.15) is 0 Å². The van der Waals surface area contributed by atoms with Gasteiger partial charge in [0.25, 0.3) is 0 Å². The van der Waals surface area contributed by atoms with Gasteiger partial charge in [0.15, 0.2) is 0 Å². The van der Waals surface area contributed by atoms with E-state index in [4.69, 9.17) is 0 Å². The summed E-state index contributed by atoms with van der Waals surface area (Å²) < 4.78 is 0. The molecule has 0 spiro atoms. The molecule has 0 heterocycles. The zero-order valence-electron chi connectivity index (χ0n) is 11.0. The summed E-state index contributed by atoms with van der Waals surface area (Å²) in [6, 6.07) is 17.1. The fourth-order valence-corrected chi connectivity index (χ4v) is 2.99. The summed E-state index contributed by atoms with van der Waals surface area (Å²) in [7, 11) is 0. The van der Waals surface area contributed by atoms with Crippen LogP contribution in [0.1, 0.15) is 41.0 Å². The van der Waals surface area contributed by atoms with Gasteiger partial charge in [-0.15, -0.1) is 0 Å². The maximum absolute atomic E-state index is 11.1. The zero-order chi connectivity index (χ0) is 13.1. The lowest BCUT2D eigenvalue weighted by molar-refractivity contribution is -0.109. The first kappa shape index (κ1) is 12.2. The van der Waals surface area contributed by atoms with Gasteiger partial charge in [0.2, 0.25) is 0 Å². The fraction of sp³-hybridized carbons (Fsp3) is 0.278. The molecule has 96 valence electrons. The van der Waals surface area contributed by atoms with Crippen molar-refractivity contribution >= 4 is 6.29 Å². The van der Waals surface area contributed by atoms with Crippen LogP contribution in [-0.4, -0.2) is 6.29 Å². The lowest BCUT2D eigenvalue weighted by atomic mass is 9.82. The van der Waals surface area contributed by atoms with Crippen molar-refractivity contribution in [3.05, 3.63) is 70.8 Å². The second kappa shape index (κ2) is 5.40. The van der Waals surface area contributed by atoms with E-state index in [1.54, 1.807) is 0 Å². The average molecular weight is 250 g/mol. The Labute approximate surface area is 114 Å². The molecule has 0 radical (unpaired) electrons. The summed E-state index contributed by atoms with van der Waals surface area (Å²) in [6.07, 6.45) is 5.33. The molecule has 2 aromatic carbocycles. The Morgan fingerprint density at radius 3 is 2.68 bits per heavy atom. The number of aryl methyl sites for hydroxylation is 1. The summed E-state index contributed by atoms with van der Waals surface area (Å²) >= 11 is 0. The quantitative estimate of drug-likeness (QED) is 0.755. The Bertz CT molecular complexity index is 571. The number of hydrogen-bond donors (Lipinski definition) is 0. The van der Waals surface area contributed by atoms with E-state index in [2.05, 4.69) is 42.5 Å². The number of rotatable bonds is 3. The van der Waals surface area contributed by atoms with Crippen LogP contribution < -0.4 is 0 Å². The highest BCUT2D eigenvalue weighted by atomic mass is 16.1. The SMILES string of the molecule is O=CC1CCCc2cc(Cc3ccccc3)ccc21. The maximum atomic E-state index is 11.1. The molecule has 2 aromatic rings. The third-order valence-corrected chi connectivity index (χ3v) is 3.98. The molecule has 0 bridgehead atoms. The van der Waals surface area contributed by atoms with Gasteiger partial charge in [0, 0.05) is 5.92 Å². The van der Waals surface area contributed by atoms with Crippen LogP contribution in [0.3, 0.4) is 0 Å². The molecule has 0 saturated heterocycles. The summed E-state index contributed by atoms with van der Waals surface area (Å²) in [6.45, 7) is 0. The molecule has 1 unspecified atom stereocenters. The molecule has 1 aliphatic rings. The van der Waals surface area contributed by atoms with Gasteiger partial charge < -0.3 is 4.79 Å². The smallest absolute Gasteiger partial charge is 0.127 e. The van der Waals surface area contributed by atoms with Crippen LogP contribution in [0.25, 0.3) is 0 Å². The van der Waals surface area contributed by atoms with Crippen molar-refractivity contribution in [3.63, 3.8) is 0 Å². The van der Waals surface area contributed by atoms with Gasteiger partial charge in [0.1, 0.15) is 6.29 Å². The molecule has 0 N–H and O–H groups in total. The van der Waals surface area contributed by atoms with Crippen molar-refractivity contribution in [1.82, 2.24) is 0 Å². The van der Waals surface area contributed by atoms with Gasteiger partial charge in [0.05, 0.1) is 0 Å². The molecule has 3 rings (SSSR count). The molecule has 19 heavy (non-hydrogen) atoms. The highest BCUT2D eigenvalue weighted by Gasteiger charge is 2.19. The number of carbonyl (C=O) groups excluding carboxylic acids is 1. The third-order valence-electron chi connectivity index (χ3n) is 3.98. The van der Waals surface area contributed by atoms with Gasteiger partial charge >= 0.3 is 0 Å². The molecule has 1 heteroatoms. The highest BCUT2D eigenvalue weighted by Crippen LogP contribution is 2.31. The van der Waals surface area contributed by atoms with E-state index in [9.17, 15) is 4.79 Å². The van der Waals surface area contributed by atoms with Crippen molar-refractivity contribution in [2.75, 3.05) is 0 Å². The van der Waals surface area contributed by atoms with Gasteiger partial charge in [-0.05, 0) is 47.9 Å². The number of aldehydes is 1. The Hall–Kier alpha value is -1.89. The van der Waals surface area contributed by atoms with E-state index in [0.29, 0.717) is 0 Å². The first-order valence-corrected chi connectivity index (χ1v) is 6.98. The molecular weight excluding hydrogens is 232 g/mol. The van der Waals surface area contributed by atoms with Crippen LogP contribution in [0.2, 0.25) is 0 Å². The molecule has 1 nitrogen and oxygen atoms in total. The van der Waals surface area contributed by atoms with Gasteiger partial charge in [-0.3, -0.25) is 0 Å². The summed E-state index contributed by atoms with van der Waals surface area (Å²) in [5.41, 5.74) is 5.30. The van der Waals surface area contributed by atoms with E-state index in [0.717, 1.165) is 32.0 Å². The minimum Gasteiger partial charge on any atom is -0.303 e. The van der Waals surface area contributed by atoms with Crippen LogP contribution in [0.15, 0.2) is 48.5 Å². The second-order valence-corrected chi connectivity index (χ2v) is 5.33. The monoisotopic (exact) mass is 250 g/mol.